The summed E-state index contributed by atoms with van der Waals surface area (Å²) in [7, 11) is 1.67. The van der Waals surface area contributed by atoms with Crippen molar-refractivity contribution in [2.24, 2.45) is 0 Å². The van der Waals surface area contributed by atoms with E-state index in [9.17, 15) is 10.1 Å². The summed E-state index contributed by atoms with van der Waals surface area (Å²) in [5, 5.41) is 9.21. The van der Waals surface area contributed by atoms with Gasteiger partial charge in [0.15, 0.2) is 5.78 Å². The Bertz CT molecular complexity index is 821. The van der Waals surface area contributed by atoms with E-state index in [1.54, 1.807) is 26.2 Å². The molecule has 0 bridgehead atoms. The van der Waals surface area contributed by atoms with Crippen LogP contribution in [0.4, 0.5) is 5.69 Å². The molecule has 3 rings (SSSR count). The van der Waals surface area contributed by atoms with Gasteiger partial charge in [-0.2, -0.15) is 5.26 Å². The third kappa shape index (κ3) is 3.36. The lowest BCUT2D eigenvalue weighted by atomic mass is 9.97. The Morgan fingerprint density at radius 2 is 1.96 bits per heavy atom. The van der Waals surface area contributed by atoms with E-state index in [0.29, 0.717) is 23.1 Å². The summed E-state index contributed by atoms with van der Waals surface area (Å²) in [5.41, 5.74) is 3.41. The molecule has 0 spiro atoms. The highest BCUT2D eigenvalue weighted by Crippen LogP contribution is 2.37. The topological polar surface area (TPSA) is 53.3 Å². The zero-order chi connectivity index (χ0) is 18.0. The maximum absolute atomic E-state index is 12.0. The number of carbonyl (C=O) groups is 1. The first-order valence-corrected chi connectivity index (χ1v) is 8.49. The van der Waals surface area contributed by atoms with Gasteiger partial charge in [-0.05, 0) is 56.2 Å². The van der Waals surface area contributed by atoms with Crippen molar-refractivity contribution in [2.75, 3.05) is 18.6 Å². The summed E-state index contributed by atoms with van der Waals surface area (Å²) >= 11 is 0. The molecule has 128 valence electrons. The SMILES string of the molecule is COc1ccc(C2CC(C)N(c3cc(C#N)ccc3C(C)=O)C2)cc1. The third-order valence-electron chi connectivity index (χ3n) is 4.98. The van der Waals surface area contributed by atoms with E-state index >= 15 is 0 Å². The van der Waals surface area contributed by atoms with Crippen LogP contribution in [-0.2, 0) is 0 Å². The number of anilines is 1. The summed E-state index contributed by atoms with van der Waals surface area (Å²) in [5.74, 6) is 1.28. The van der Waals surface area contributed by atoms with E-state index in [-0.39, 0.29) is 5.78 Å². The van der Waals surface area contributed by atoms with Crippen molar-refractivity contribution in [1.82, 2.24) is 0 Å². The highest BCUT2D eigenvalue weighted by Gasteiger charge is 2.32. The van der Waals surface area contributed by atoms with Gasteiger partial charge in [-0.1, -0.05) is 12.1 Å². The van der Waals surface area contributed by atoms with Crippen LogP contribution in [0.3, 0.4) is 0 Å². The number of hydrogen-bond donors (Lipinski definition) is 0. The van der Waals surface area contributed by atoms with Crippen LogP contribution in [0, 0.1) is 11.3 Å². The number of rotatable bonds is 4. The Morgan fingerprint density at radius 1 is 1.24 bits per heavy atom. The predicted octanol–water partition coefficient (Wildman–Crippen LogP) is 4.15. The zero-order valence-electron chi connectivity index (χ0n) is 14.8. The molecule has 0 radical (unpaired) electrons. The molecule has 1 saturated heterocycles. The van der Waals surface area contributed by atoms with Gasteiger partial charge in [-0.25, -0.2) is 0 Å². The predicted molar refractivity (Wildman–Crippen MR) is 98.3 cm³/mol. The van der Waals surface area contributed by atoms with Gasteiger partial charge in [0, 0.05) is 29.8 Å². The number of carbonyl (C=O) groups excluding carboxylic acids is 1. The minimum atomic E-state index is 0.0274. The number of ketones is 1. The Morgan fingerprint density at radius 3 is 2.56 bits per heavy atom. The van der Waals surface area contributed by atoms with Crippen LogP contribution in [0.1, 0.15) is 47.7 Å². The van der Waals surface area contributed by atoms with Gasteiger partial charge in [0.05, 0.1) is 18.7 Å². The fourth-order valence-electron chi connectivity index (χ4n) is 3.62. The molecule has 1 fully saturated rings. The van der Waals surface area contributed by atoms with Gasteiger partial charge >= 0.3 is 0 Å². The molecule has 4 nitrogen and oxygen atoms in total. The molecule has 0 amide bonds. The third-order valence-corrected chi connectivity index (χ3v) is 4.98. The average Bonchev–Trinajstić information content (AvgIpc) is 3.02. The zero-order valence-corrected chi connectivity index (χ0v) is 14.8. The standard InChI is InChI=1S/C21H22N2O2/c1-14-10-18(17-5-7-19(25-3)8-6-17)13-23(14)21-11-16(12-22)4-9-20(21)15(2)24/h4-9,11,14,18H,10,13H2,1-3H3. The molecule has 0 N–H and O–H groups in total. The molecule has 4 heteroatoms. The number of benzene rings is 2. The van der Waals surface area contributed by atoms with Crippen LogP contribution in [0.25, 0.3) is 0 Å². The van der Waals surface area contributed by atoms with Crippen molar-refractivity contribution in [1.29, 1.82) is 5.26 Å². The van der Waals surface area contributed by atoms with Gasteiger partial charge in [-0.3, -0.25) is 4.79 Å². The smallest absolute Gasteiger partial charge is 0.161 e. The Hall–Kier alpha value is -2.80. The van der Waals surface area contributed by atoms with Crippen molar-refractivity contribution < 1.29 is 9.53 Å². The van der Waals surface area contributed by atoms with Gasteiger partial charge in [-0.15, -0.1) is 0 Å². The molecule has 1 aliphatic heterocycles. The second-order valence-corrected chi connectivity index (χ2v) is 6.61. The van der Waals surface area contributed by atoms with Gasteiger partial charge < -0.3 is 9.64 Å². The molecule has 1 aliphatic rings. The quantitative estimate of drug-likeness (QED) is 0.788. The maximum Gasteiger partial charge on any atom is 0.161 e. The molecule has 25 heavy (non-hydrogen) atoms. The summed E-state index contributed by atoms with van der Waals surface area (Å²) in [6, 6.07) is 16.0. The molecule has 0 aromatic heterocycles. The molecule has 1 heterocycles. The van der Waals surface area contributed by atoms with Gasteiger partial charge in [0.2, 0.25) is 0 Å². The van der Waals surface area contributed by atoms with E-state index in [4.69, 9.17) is 4.74 Å². The largest absolute Gasteiger partial charge is 0.497 e. The van der Waals surface area contributed by atoms with Crippen LogP contribution in [0.15, 0.2) is 42.5 Å². The van der Waals surface area contributed by atoms with E-state index < -0.39 is 0 Å². The fourth-order valence-corrected chi connectivity index (χ4v) is 3.62. The first-order valence-electron chi connectivity index (χ1n) is 8.49. The summed E-state index contributed by atoms with van der Waals surface area (Å²) in [6.45, 7) is 4.59. The number of methoxy groups -OCH3 is 1. The average molecular weight is 334 g/mol. The number of ether oxygens (including phenoxy) is 1. The van der Waals surface area contributed by atoms with Crippen LogP contribution in [0.2, 0.25) is 0 Å². The number of hydrogen-bond acceptors (Lipinski definition) is 4. The number of nitrogens with zero attached hydrogens (tertiary/aromatic N) is 2. The van der Waals surface area contributed by atoms with Gasteiger partial charge in [0.25, 0.3) is 0 Å². The second-order valence-electron chi connectivity index (χ2n) is 6.61. The molecular formula is C21H22N2O2. The second kappa shape index (κ2) is 6.98. The van der Waals surface area contributed by atoms with Crippen LogP contribution in [-0.4, -0.2) is 25.5 Å². The number of Topliss-reactive ketones (excluding diaryl/α,β-unsaturated/α-hetero) is 1. The van der Waals surface area contributed by atoms with Crippen molar-refractivity contribution in [3.8, 4) is 11.8 Å². The van der Waals surface area contributed by atoms with E-state index in [1.807, 2.05) is 18.2 Å². The summed E-state index contributed by atoms with van der Waals surface area (Å²) in [6.07, 6.45) is 1.01. The van der Waals surface area contributed by atoms with E-state index in [0.717, 1.165) is 24.4 Å². The normalized spacial score (nSPS) is 19.5. The Labute approximate surface area is 148 Å². The first kappa shape index (κ1) is 17.0. The molecule has 2 unspecified atom stereocenters. The Kier molecular flexibility index (Phi) is 4.76. The van der Waals surface area contributed by atoms with Crippen molar-refractivity contribution in [3.63, 3.8) is 0 Å². The number of nitriles is 1. The lowest BCUT2D eigenvalue weighted by Gasteiger charge is -2.26. The Balaban J connectivity index is 1.91. The first-order chi connectivity index (χ1) is 12.0. The monoisotopic (exact) mass is 334 g/mol. The minimum absolute atomic E-state index is 0.0274. The van der Waals surface area contributed by atoms with Crippen LogP contribution >= 0.6 is 0 Å². The lowest BCUT2D eigenvalue weighted by molar-refractivity contribution is 0.101. The van der Waals surface area contributed by atoms with E-state index in [2.05, 4.69) is 30.0 Å². The molecule has 0 saturated carbocycles. The molecule has 2 atom stereocenters. The van der Waals surface area contributed by atoms with Crippen LogP contribution < -0.4 is 9.64 Å². The molecule has 2 aromatic carbocycles. The minimum Gasteiger partial charge on any atom is -0.497 e. The maximum atomic E-state index is 12.0. The summed E-state index contributed by atoms with van der Waals surface area (Å²) in [4.78, 5) is 14.3. The lowest BCUT2D eigenvalue weighted by Crippen LogP contribution is -2.28. The van der Waals surface area contributed by atoms with E-state index in [1.165, 1.54) is 5.56 Å². The fraction of sp³-hybridized carbons (Fsp3) is 0.333. The van der Waals surface area contributed by atoms with Crippen molar-refractivity contribution in [3.05, 3.63) is 59.2 Å². The van der Waals surface area contributed by atoms with Crippen LogP contribution in [0.5, 0.6) is 5.75 Å². The summed E-state index contributed by atoms with van der Waals surface area (Å²) < 4.78 is 5.23. The highest BCUT2D eigenvalue weighted by molar-refractivity contribution is 6.00. The molecule has 0 aliphatic carbocycles. The van der Waals surface area contributed by atoms with Crippen molar-refractivity contribution in [2.45, 2.75) is 32.2 Å². The molecule has 2 aromatic rings. The van der Waals surface area contributed by atoms with Gasteiger partial charge in [0.1, 0.15) is 5.75 Å². The molecular weight excluding hydrogens is 312 g/mol. The van der Waals surface area contributed by atoms with Crippen molar-refractivity contribution >= 4 is 11.5 Å². The highest BCUT2D eigenvalue weighted by atomic mass is 16.5.